The first kappa shape index (κ1) is 17.3. The van der Waals surface area contributed by atoms with E-state index in [4.69, 9.17) is 0 Å². The summed E-state index contributed by atoms with van der Waals surface area (Å²) in [5.41, 5.74) is 2.65. The maximum Gasteiger partial charge on any atom is 0.228 e. The Morgan fingerprint density at radius 1 is 1.04 bits per heavy atom. The van der Waals surface area contributed by atoms with Crippen LogP contribution in [0.5, 0.6) is 0 Å². The van der Waals surface area contributed by atoms with Gasteiger partial charge in [0.15, 0.2) is 5.82 Å². The van der Waals surface area contributed by atoms with Gasteiger partial charge in [-0.25, -0.2) is 19.9 Å². The Labute approximate surface area is 147 Å². The molecule has 0 radical (unpaired) electrons. The highest BCUT2D eigenvalue weighted by Gasteiger charge is 2.28. The minimum absolute atomic E-state index is 0.0631. The van der Waals surface area contributed by atoms with Gasteiger partial charge >= 0.3 is 0 Å². The summed E-state index contributed by atoms with van der Waals surface area (Å²) in [5, 5.41) is 3.17. The topological polar surface area (TPSA) is 83.9 Å². The van der Waals surface area contributed by atoms with E-state index in [0.717, 1.165) is 42.9 Å². The van der Waals surface area contributed by atoms with Crippen LogP contribution in [0.25, 0.3) is 0 Å². The monoisotopic (exact) mass is 340 g/mol. The summed E-state index contributed by atoms with van der Waals surface area (Å²) in [4.78, 5) is 31.8. The van der Waals surface area contributed by atoms with Gasteiger partial charge in [-0.15, -0.1) is 0 Å². The smallest absolute Gasteiger partial charge is 0.228 e. The summed E-state index contributed by atoms with van der Waals surface area (Å²) >= 11 is 0. The van der Waals surface area contributed by atoms with Crippen molar-refractivity contribution in [3.63, 3.8) is 0 Å². The second-order valence-electron chi connectivity index (χ2n) is 6.58. The Kier molecular flexibility index (Phi) is 4.92. The van der Waals surface area contributed by atoms with Gasteiger partial charge in [-0.3, -0.25) is 4.79 Å². The molecule has 0 spiro atoms. The van der Waals surface area contributed by atoms with Crippen LogP contribution in [0.1, 0.15) is 55.1 Å². The van der Waals surface area contributed by atoms with Crippen LogP contribution >= 0.6 is 0 Å². The number of aromatic nitrogens is 4. The van der Waals surface area contributed by atoms with Crippen LogP contribution in [-0.4, -0.2) is 37.3 Å². The molecule has 1 atom stereocenters. The van der Waals surface area contributed by atoms with Gasteiger partial charge in [0.2, 0.25) is 11.9 Å². The number of carbonyl (C=O) groups is 1. The van der Waals surface area contributed by atoms with Crippen molar-refractivity contribution in [2.24, 2.45) is 0 Å². The van der Waals surface area contributed by atoms with E-state index in [1.165, 1.54) is 0 Å². The molecule has 0 aromatic carbocycles. The largest absolute Gasteiger partial charge is 0.333 e. The third kappa shape index (κ3) is 4.10. The molecule has 0 bridgehead atoms. The van der Waals surface area contributed by atoms with Crippen molar-refractivity contribution in [2.75, 3.05) is 11.9 Å². The van der Waals surface area contributed by atoms with Crippen molar-refractivity contribution in [1.82, 2.24) is 24.8 Å². The average molecular weight is 340 g/mol. The van der Waals surface area contributed by atoms with Crippen molar-refractivity contribution >= 4 is 17.7 Å². The standard InChI is InChI=1S/C18H24N6O/c1-11-9-12(2)21-18(20-11)23-16-10-13(3)19-17(22-16)15-7-5-6-8-24(15)14(4)25/h9-10,15H,5-8H2,1-4H3,(H,19,20,21,22,23). The van der Waals surface area contributed by atoms with Crippen molar-refractivity contribution < 1.29 is 4.79 Å². The van der Waals surface area contributed by atoms with Crippen LogP contribution in [-0.2, 0) is 4.79 Å². The number of anilines is 2. The fourth-order valence-corrected chi connectivity index (χ4v) is 3.28. The summed E-state index contributed by atoms with van der Waals surface area (Å²) < 4.78 is 0. The fraction of sp³-hybridized carbons (Fsp3) is 0.500. The highest BCUT2D eigenvalue weighted by molar-refractivity contribution is 5.73. The maximum atomic E-state index is 12.0. The van der Waals surface area contributed by atoms with Crippen LogP contribution in [0.4, 0.5) is 11.8 Å². The SMILES string of the molecule is CC(=O)N1CCCCC1c1nc(C)cc(Nc2nc(C)cc(C)n2)n1. The van der Waals surface area contributed by atoms with E-state index in [0.29, 0.717) is 17.6 Å². The molecule has 25 heavy (non-hydrogen) atoms. The van der Waals surface area contributed by atoms with Gasteiger partial charge in [0, 0.05) is 36.6 Å². The van der Waals surface area contributed by atoms with Crippen molar-refractivity contribution in [3.05, 3.63) is 35.0 Å². The van der Waals surface area contributed by atoms with Crippen molar-refractivity contribution in [3.8, 4) is 0 Å². The molecule has 7 nitrogen and oxygen atoms in total. The molecular formula is C18H24N6O. The minimum Gasteiger partial charge on any atom is -0.333 e. The van der Waals surface area contributed by atoms with Crippen LogP contribution in [0.15, 0.2) is 12.1 Å². The molecule has 1 N–H and O–H groups in total. The predicted octanol–water partition coefficient (Wildman–Crippen LogP) is 3.01. The summed E-state index contributed by atoms with van der Waals surface area (Å²) in [5.74, 6) is 1.93. The molecule has 0 saturated carbocycles. The number of hydrogen-bond donors (Lipinski definition) is 1. The minimum atomic E-state index is -0.0631. The number of nitrogens with zero attached hydrogens (tertiary/aromatic N) is 5. The molecule has 1 aliphatic rings. The number of amides is 1. The molecule has 3 rings (SSSR count). The predicted molar refractivity (Wildman–Crippen MR) is 95.5 cm³/mol. The number of hydrogen-bond acceptors (Lipinski definition) is 6. The Balaban J connectivity index is 1.90. The summed E-state index contributed by atoms with van der Waals surface area (Å²) in [7, 11) is 0. The molecule has 2 aromatic rings. The van der Waals surface area contributed by atoms with E-state index in [-0.39, 0.29) is 11.9 Å². The van der Waals surface area contributed by atoms with Crippen molar-refractivity contribution in [2.45, 2.75) is 53.0 Å². The normalized spacial score (nSPS) is 17.4. The molecule has 2 aromatic heterocycles. The number of nitrogens with one attached hydrogen (secondary N) is 1. The first-order chi connectivity index (χ1) is 11.9. The van der Waals surface area contributed by atoms with Gasteiger partial charge in [0.25, 0.3) is 0 Å². The number of piperidine rings is 1. The van der Waals surface area contributed by atoms with E-state index >= 15 is 0 Å². The molecule has 1 unspecified atom stereocenters. The van der Waals surface area contributed by atoms with Gasteiger partial charge in [-0.05, 0) is 46.1 Å². The Bertz CT molecular complexity index is 771. The zero-order valence-corrected chi connectivity index (χ0v) is 15.2. The molecule has 1 aliphatic heterocycles. The zero-order valence-electron chi connectivity index (χ0n) is 15.2. The van der Waals surface area contributed by atoms with Gasteiger partial charge in [-0.1, -0.05) is 0 Å². The Morgan fingerprint density at radius 3 is 2.40 bits per heavy atom. The van der Waals surface area contributed by atoms with Crippen LogP contribution < -0.4 is 5.32 Å². The fourth-order valence-electron chi connectivity index (χ4n) is 3.28. The summed E-state index contributed by atoms with van der Waals surface area (Å²) in [6.45, 7) is 8.17. The Morgan fingerprint density at radius 2 is 1.72 bits per heavy atom. The second-order valence-corrected chi connectivity index (χ2v) is 6.58. The van der Waals surface area contributed by atoms with Gasteiger partial charge in [0.1, 0.15) is 5.82 Å². The quantitative estimate of drug-likeness (QED) is 0.924. The molecule has 1 amide bonds. The third-order valence-corrected chi connectivity index (χ3v) is 4.30. The molecule has 7 heteroatoms. The van der Waals surface area contributed by atoms with E-state index in [1.54, 1.807) is 6.92 Å². The lowest BCUT2D eigenvalue weighted by atomic mass is 10.0. The second kappa shape index (κ2) is 7.13. The van der Waals surface area contributed by atoms with E-state index in [1.807, 2.05) is 37.8 Å². The molecular weight excluding hydrogens is 316 g/mol. The highest BCUT2D eigenvalue weighted by Crippen LogP contribution is 2.29. The number of carbonyl (C=O) groups excluding carboxylic acids is 1. The number of rotatable bonds is 3. The first-order valence-electron chi connectivity index (χ1n) is 8.64. The molecule has 132 valence electrons. The number of aryl methyl sites for hydroxylation is 3. The van der Waals surface area contributed by atoms with Crippen molar-refractivity contribution in [1.29, 1.82) is 0 Å². The molecule has 0 aliphatic carbocycles. The van der Waals surface area contributed by atoms with E-state index in [2.05, 4.69) is 25.3 Å². The van der Waals surface area contributed by atoms with Crippen LogP contribution in [0.2, 0.25) is 0 Å². The zero-order chi connectivity index (χ0) is 18.0. The van der Waals surface area contributed by atoms with E-state index < -0.39 is 0 Å². The van der Waals surface area contributed by atoms with Gasteiger partial charge < -0.3 is 10.2 Å². The van der Waals surface area contributed by atoms with Crippen LogP contribution in [0.3, 0.4) is 0 Å². The lowest BCUT2D eigenvalue weighted by molar-refractivity contribution is -0.132. The Hall–Kier alpha value is -2.57. The third-order valence-electron chi connectivity index (χ3n) is 4.30. The maximum absolute atomic E-state index is 12.0. The number of likely N-dealkylation sites (tertiary alicyclic amines) is 1. The molecule has 1 saturated heterocycles. The average Bonchev–Trinajstić information content (AvgIpc) is 2.53. The lowest BCUT2D eigenvalue weighted by Gasteiger charge is -2.34. The van der Waals surface area contributed by atoms with Crippen LogP contribution in [0, 0.1) is 20.8 Å². The summed E-state index contributed by atoms with van der Waals surface area (Å²) in [6, 6.07) is 3.73. The lowest BCUT2D eigenvalue weighted by Crippen LogP contribution is -2.37. The van der Waals surface area contributed by atoms with E-state index in [9.17, 15) is 4.79 Å². The van der Waals surface area contributed by atoms with Gasteiger partial charge in [0.05, 0.1) is 6.04 Å². The van der Waals surface area contributed by atoms with Gasteiger partial charge in [-0.2, -0.15) is 0 Å². The molecule has 3 heterocycles. The molecule has 1 fully saturated rings. The summed E-state index contributed by atoms with van der Waals surface area (Å²) in [6.07, 6.45) is 3.00. The highest BCUT2D eigenvalue weighted by atomic mass is 16.2. The first-order valence-corrected chi connectivity index (χ1v) is 8.64.